The molecule has 0 bridgehead atoms. The molecule has 0 aromatic rings. The molecule has 0 atom stereocenters. The van der Waals surface area contributed by atoms with E-state index in [1.807, 2.05) is 6.26 Å². The third-order valence-corrected chi connectivity index (χ3v) is 3.28. The van der Waals surface area contributed by atoms with Gasteiger partial charge in [-0.15, -0.1) is 11.8 Å². The van der Waals surface area contributed by atoms with Crippen LogP contribution in [-0.4, -0.2) is 17.3 Å². The Bertz CT molecular complexity index is 258. The van der Waals surface area contributed by atoms with Crippen molar-refractivity contribution in [1.82, 2.24) is 0 Å². The van der Waals surface area contributed by atoms with Crippen LogP contribution >= 0.6 is 23.5 Å². The van der Waals surface area contributed by atoms with Crippen molar-refractivity contribution in [1.29, 1.82) is 0 Å². The summed E-state index contributed by atoms with van der Waals surface area (Å²) in [5.74, 6) is 1.81. The van der Waals surface area contributed by atoms with Gasteiger partial charge in [0, 0.05) is 0 Å². The van der Waals surface area contributed by atoms with Gasteiger partial charge in [0.15, 0.2) is 0 Å². The number of hydrogen-bond donors (Lipinski definition) is 1. The molecule has 0 fully saturated rings. The Morgan fingerprint density at radius 3 is 2.42 bits per heavy atom. The lowest BCUT2D eigenvalue weighted by molar-refractivity contribution is -0.132. The van der Waals surface area contributed by atoms with Crippen LogP contribution in [0, 0.1) is 11.2 Å². The third-order valence-electron chi connectivity index (χ3n) is 1.06. The van der Waals surface area contributed by atoms with Crippen LogP contribution in [0.15, 0.2) is 9.81 Å². The first kappa shape index (κ1) is 11.5. The SMILES string of the molecule is CC#CS/C(SC)=C(/C)C(=O)O. The highest BCUT2D eigenvalue weighted by molar-refractivity contribution is 8.24. The molecule has 0 aliphatic heterocycles. The van der Waals surface area contributed by atoms with Crippen molar-refractivity contribution >= 4 is 29.5 Å². The van der Waals surface area contributed by atoms with E-state index in [9.17, 15) is 4.79 Å². The zero-order valence-electron chi connectivity index (χ0n) is 7.17. The van der Waals surface area contributed by atoms with E-state index >= 15 is 0 Å². The molecule has 0 spiro atoms. The molecule has 0 aromatic heterocycles. The van der Waals surface area contributed by atoms with E-state index in [4.69, 9.17) is 5.11 Å². The van der Waals surface area contributed by atoms with E-state index in [0.29, 0.717) is 5.57 Å². The first-order valence-corrected chi connectivity index (χ1v) is 5.24. The summed E-state index contributed by atoms with van der Waals surface area (Å²) < 4.78 is 0.747. The van der Waals surface area contributed by atoms with Gasteiger partial charge >= 0.3 is 5.97 Å². The second kappa shape index (κ2) is 6.04. The zero-order chi connectivity index (χ0) is 9.56. The van der Waals surface area contributed by atoms with Gasteiger partial charge in [0.05, 0.1) is 9.81 Å². The van der Waals surface area contributed by atoms with Crippen molar-refractivity contribution in [3.8, 4) is 11.2 Å². The number of thioether (sulfide) groups is 2. The van der Waals surface area contributed by atoms with Gasteiger partial charge in [-0.05, 0) is 37.1 Å². The molecule has 1 N–H and O–H groups in total. The molecular formula is C8H10O2S2. The molecule has 0 unspecified atom stereocenters. The highest BCUT2D eigenvalue weighted by atomic mass is 32.2. The lowest BCUT2D eigenvalue weighted by Gasteiger charge is -2.00. The van der Waals surface area contributed by atoms with Crippen LogP contribution in [0.1, 0.15) is 13.8 Å². The molecule has 0 rings (SSSR count). The van der Waals surface area contributed by atoms with Crippen LogP contribution < -0.4 is 0 Å². The van der Waals surface area contributed by atoms with Crippen LogP contribution in [0.3, 0.4) is 0 Å². The highest BCUT2D eigenvalue weighted by Gasteiger charge is 2.07. The largest absolute Gasteiger partial charge is 0.478 e. The minimum Gasteiger partial charge on any atom is -0.478 e. The molecule has 4 heteroatoms. The molecule has 12 heavy (non-hydrogen) atoms. The summed E-state index contributed by atoms with van der Waals surface area (Å²) in [6.07, 6.45) is 1.84. The van der Waals surface area contributed by atoms with Crippen LogP contribution in [-0.2, 0) is 4.79 Å². The van der Waals surface area contributed by atoms with Crippen LogP contribution in [0.5, 0.6) is 0 Å². The second-order valence-corrected chi connectivity index (χ2v) is 3.77. The summed E-state index contributed by atoms with van der Waals surface area (Å²) in [5, 5.41) is 11.4. The van der Waals surface area contributed by atoms with Crippen LogP contribution in [0.2, 0.25) is 0 Å². The normalized spacial score (nSPS) is 11.2. The molecule has 0 aromatic carbocycles. The van der Waals surface area contributed by atoms with Gasteiger partial charge in [0.25, 0.3) is 0 Å². The predicted octanol–water partition coefficient (Wildman–Crippen LogP) is 2.38. The van der Waals surface area contributed by atoms with E-state index in [-0.39, 0.29) is 0 Å². The summed E-state index contributed by atoms with van der Waals surface area (Å²) in [4.78, 5) is 10.5. The van der Waals surface area contributed by atoms with E-state index in [1.54, 1.807) is 13.8 Å². The Morgan fingerprint density at radius 2 is 2.08 bits per heavy atom. The summed E-state index contributed by atoms with van der Waals surface area (Å²) >= 11 is 2.66. The van der Waals surface area contributed by atoms with E-state index < -0.39 is 5.97 Å². The van der Waals surface area contributed by atoms with Crippen molar-refractivity contribution in [3.05, 3.63) is 9.81 Å². The maximum absolute atomic E-state index is 10.5. The monoisotopic (exact) mass is 202 g/mol. The van der Waals surface area contributed by atoms with Gasteiger partial charge < -0.3 is 5.11 Å². The average molecular weight is 202 g/mol. The summed E-state index contributed by atoms with van der Waals surface area (Å²) in [6.45, 7) is 3.31. The van der Waals surface area contributed by atoms with Gasteiger partial charge in [0.2, 0.25) is 0 Å². The van der Waals surface area contributed by atoms with Crippen molar-refractivity contribution in [2.45, 2.75) is 13.8 Å². The highest BCUT2D eigenvalue weighted by Crippen LogP contribution is 2.28. The van der Waals surface area contributed by atoms with Crippen molar-refractivity contribution in [2.75, 3.05) is 6.26 Å². The molecule has 2 nitrogen and oxygen atoms in total. The van der Waals surface area contributed by atoms with Crippen LogP contribution in [0.4, 0.5) is 0 Å². The summed E-state index contributed by atoms with van der Waals surface area (Å²) in [7, 11) is 0. The Labute approximate surface area is 80.8 Å². The number of carboxylic acid groups (broad SMARTS) is 1. The molecule has 0 saturated heterocycles. The molecule has 0 heterocycles. The predicted molar refractivity (Wildman–Crippen MR) is 54.9 cm³/mol. The molecule has 0 amide bonds. The van der Waals surface area contributed by atoms with Crippen LogP contribution in [0.25, 0.3) is 0 Å². The number of carbonyl (C=O) groups is 1. The van der Waals surface area contributed by atoms with Gasteiger partial charge in [0.1, 0.15) is 0 Å². The first-order chi connectivity index (χ1) is 5.63. The van der Waals surface area contributed by atoms with Gasteiger partial charge in [-0.1, -0.05) is 5.92 Å². The number of rotatable bonds is 3. The van der Waals surface area contributed by atoms with E-state index in [2.05, 4.69) is 11.2 Å². The standard InChI is InChI=1S/C8H10O2S2/c1-4-5-12-8(11-3)6(2)7(9)10/h1-3H3,(H,9,10)/b8-6-. The van der Waals surface area contributed by atoms with E-state index in [0.717, 1.165) is 4.24 Å². The number of hydrogen-bond acceptors (Lipinski definition) is 3. The maximum atomic E-state index is 10.5. The Hall–Kier alpha value is -0.530. The topological polar surface area (TPSA) is 37.3 Å². The van der Waals surface area contributed by atoms with Gasteiger partial charge in [-0.25, -0.2) is 4.79 Å². The Kier molecular flexibility index (Phi) is 5.77. The first-order valence-electron chi connectivity index (χ1n) is 3.20. The molecule has 0 saturated carbocycles. The minimum atomic E-state index is -0.884. The lowest BCUT2D eigenvalue weighted by atomic mass is 10.4. The maximum Gasteiger partial charge on any atom is 0.332 e. The van der Waals surface area contributed by atoms with E-state index in [1.165, 1.54) is 23.5 Å². The minimum absolute atomic E-state index is 0.357. The molecular weight excluding hydrogens is 192 g/mol. The summed E-state index contributed by atoms with van der Waals surface area (Å²) in [6, 6.07) is 0. The summed E-state index contributed by atoms with van der Waals surface area (Å²) in [5.41, 5.74) is 0.357. The fraction of sp³-hybridized carbons (Fsp3) is 0.375. The zero-order valence-corrected chi connectivity index (χ0v) is 8.80. The Balaban J connectivity index is 4.57. The fourth-order valence-electron chi connectivity index (χ4n) is 0.456. The van der Waals surface area contributed by atoms with Crippen molar-refractivity contribution < 1.29 is 9.90 Å². The Morgan fingerprint density at radius 1 is 1.50 bits per heavy atom. The number of carboxylic acids is 1. The van der Waals surface area contributed by atoms with Crippen molar-refractivity contribution in [2.24, 2.45) is 0 Å². The quantitative estimate of drug-likeness (QED) is 0.563. The second-order valence-electron chi connectivity index (χ2n) is 1.88. The average Bonchev–Trinajstić information content (AvgIpc) is 2.05. The fourth-order valence-corrected chi connectivity index (χ4v) is 1.74. The van der Waals surface area contributed by atoms with Crippen molar-refractivity contribution in [3.63, 3.8) is 0 Å². The smallest absolute Gasteiger partial charge is 0.332 e. The molecule has 0 aliphatic rings. The number of aliphatic carboxylic acids is 1. The van der Waals surface area contributed by atoms with Gasteiger partial charge in [-0.2, -0.15) is 0 Å². The third kappa shape index (κ3) is 3.74. The molecule has 66 valence electrons. The van der Waals surface area contributed by atoms with Gasteiger partial charge in [-0.3, -0.25) is 0 Å². The lowest BCUT2D eigenvalue weighted by Crippen LogP contribution is -1.97. The molecule has 0 radical (unpaired) electrons. The molecule has 0 aliphatic carbocycles.